The molecule has 0 aliphatic carbocycles. The topological polar surface area (TPSA) is 111 Å². The number of nitrogens with zero attached hydrogens (tertiary/aromatic N) is 5. The molecule has 4 rings (SSSR count). The summed E-state index contributed by atoms with van der Waals surface area (Å²) in [5.41, 5.74) is 2.75. The number of amides is 1. The van der Waals surface area contributed by atoms with E-state index in [-0.39, 0.29) is 11.9 Å². The minimum Gasteiger partial charge on any atom is -0.345 e. The Labute approximate surface area is 162 Å². The lowest BCUT2D eigenvalue weighted by Gasteiger charge is -2.09. The predicted molar refractivity (Wildman–Crippen MR) is 101 cm³/mol. The molecule has 3 aromatic heterocycles. The molecule has 1 unspecified atom stereocenters. The van der Waals surface area contributed by atoms with Crippen LogP contribution in [0.4, 0.5) is 0 Å². The maximum atomic E-state index is 12.3. The average molecular weight is 381 g/mol. The molecule has 2 N–H and O–H groups in total. The third kappa shape index (κ3) is 4.25. The zero-order valence-corrected chi connectivity index (χ0v) is 15.8. The van der Waals surface area contributed by atoms with E-state index in [1.807, 2.05) is 23.7 Å². The maximum Gasteiger partial charge on any atom is 0.249 e. The van der Waals surface area contributed by atoms with Crippen molar-refractivity contribution in [3.05, 3.63) is 47.7 Å². The van der Waals surface area contributed by atoms with Crippen molar-refractivity contribution in [2.75, 3.05) is 6.54 Å². The van der Waals surface area contributed by atoms with Gasteiger partial charge in [-0.15, -0.1) is 0 Å². The third-order valence-electron chi connectivity index (χ3n) is 4.64. The molecule has 0 saturated carbocycles. The van der Waals surface area contributed by atoms with Crippen LogP contribution in [0.3, 0.4) is 0 Å². The van der Waals surface area contributed by atoms with E-state index in [4.69, 9.17) is 4.52 Å². The first-order valence-electron chi connectivity index (χ1n) is 9.50. The SMILES string of the molecule is CC(NC(=O)CCc1cc2n(n1)CCCNC2)c1nc(-c2ccccn2)no1. The van der Waals surface area contributed by atoms with Gasteiger partial charge in [0.05, 0.1) is 11.4 Å². The van der Waals surface area contributed by atoms with E-state index < -0.39 is 0 Å². The highest BCUT2D eigenvalue weighted by atomic mass is 16.5. The van der Waals surface area contributed by atoms with Gasteiger partial charge in [-0.3, -0.25) is 14.5 Å². The number of carbonyl (C=O) groups is 1. The van der Waals surface area contributed by atoms with E-state index in [0.29, 0.717) is 30.3 Å². The van der Waals surface area contributed by atoms with Gasteiger partial charge in [-0.05, 0) is 38.1 Å². The number of aryl methyl sites for hydroxylation is 2. The number of rotatable bonds is 6. The molecule has 1 amide bonds. The molecule has 1 aliphatic heterocycles. The fourth-order valence-corrected chi connectivity index (χ4v) is 3.17. The number of fused-ring (bicyclic) bond motifs is 1. The third-order valence-corrected chi connectivity index (χ3v) is 4.64. The maximum absolute atomic E-state index is 12.3. The largest absolute Gasteiger partial charge is 0.345 e. The Morgan fingerprint density at radius 3 is 3.21 bits per heavy atom. The smallest absolute Gasteiger partial charge is 0.249 e. The Bertz CT molecular complexity index is 911. The molecule has 0 radical (unpaired) electrons. The highest BCUT2D eigenvalue weighted by molar-refractivity contribution is 5.76. The fourth-order valence-electron chi connectivity index (χ4n) is 3.17. The molecule has 0 spiro atoms. The lowest BCUT2D eigenvalue weighted by Crippen LogP contribution is -2.27. The highest BCUT2D eigenvalue weighted by Gasteiger charge is 2.18. The van der Waals surface area contributed by atoms with E-state index >= 15 is 0 Å². The zero-order valence-electron chi connectivity index (χ0n) is 15.8. The monoisotopic (exact) mass is 381 g/mol. The standard InChI is InChI=1S/C19H23N7O2/c1-13(19-23-18(25-28-19)16-5-2-3-9-21-16)22-17(27)7-6-14-11-15-12-20-8-4-10-26(15)24-14/h2-3,5,9,11,13,20H,4,6-8,10,12H2,1H3,(H,22,27). The second kappa shape index (κ2) is 8.30. The van der Waals surface area contributed by atoms with E-state index in [0.717, 1.165) is 31.7 Å². The zero-order chi connectivity index (χ0) is 19.3. The molecule has 1 atom stereocenters. The van der Waals surface area contributed by atoms with Crippen molar-refractivity contribution < 1.29 is 9.32 Å². The van der Waals surface area contributed by atoms with Crippen LogP contribution in [-0.2, 0) is 24.3 Å². The van der Waals surface area contributed by atoms with Crippen molar-refractivity contribution in [3.63, 3.8) is 0 Å². The summed E-state index contributed by atoms with van der Waals surface area (Å²) in [7, 11) is 0. The normalized spacial score (nSPS) is 14.9. The van der Waals surface area contributed by atoms with Crippen LogP contribution in [0.2, 0.25) is 0 Å². The second-order valence-electron chi connectivity index (χ2n) is 6.84. The lowest BCUT2D eigenvalue weighted by atomic mass is 10.2. The van der Waals surface area contributed by atoms with Crippen molar-refractivity contribution in [2.45, 2.75) is 45.3 Å². The van der Waals surface area contributed by atoms with Gasteiger partial charge in [0.2, 0.25) is 17.6 Å². The number of hydrogen-bond donors (Lipinski definition) is 2. The van der Waals surface area contributed by atoms with Gasteiger partial charge >= 0.3 is 0 Å². The predicted octanol–water partition coefficient (Wildman–Crippen LogP) is 1.63. The number of pyridine rings is 1. The number of carbonyl (C=O) groups excluding carboxylic acids is 1. The number of aromatic nitrogens is 5. The van der Waals surface area contributed by atoms with Gasteiger partial charge in [-0.2, -0.15) is 10.1 Å². The second-order valence-corrected chi connectivity index (χ2v) is 6.84. The van der Waals surface area contributed by atoms with Crippen molar-refractivity contribution in [1.82, 2.24) is 35.5 Å². The van der Waals surface area contributed by atoms with Crippen LogP contribution in [0, 0.1) is 0 Å². The molecule has 28 heavy (non-hydrogen) atoms. The van der Waals surface area contributed by atoms with Crippen molar-refractivity contribution >= 4 is 5.91 Å². The van der Waals surface area contributed by atoms with Gasteiger partial charge in [0.25, 0.3) is 0 Å². The van der Waals surface area contributed by atoms with Crippen molar-refractivity contribution in [3.8, 4) is 11.5 Å². The molecular weight excluding hydrogens is 358 g/mol. The van der Waals surface area contributed by atoms with Crippen LogP contribution in [0.5, 0.6) is 0 Å². The van der Waals surface area contributed by atoms with Gasteiger partial charge < -0.3 is 15.2 Å². The minimum atomic E-state index is -0.375. The Morgan fingerprint density at radius 1 is 1.43 bits per heavy atom. The van der Waals surface area contributed by atoms with Gasteiger partial charge in [-0.1, -0.05) is 11.2 Å². The Kier molecular flexibility index (Phi) is 5.43. The molecule has 9 nitrogen and oxygen atoms in total. The van der Waals surface area contributed by atoms with Gasteiger partial charge in [-0.25, -0.2) is 0 Å². The summed E-state index contributed by atoms with van der Waals surface area (Å²) in [6, 6.07) is 7.18. The first-order chi connectivity index (χ1) is 13.7. The van der Waals surface area contributed by atoms with Crippen molar-refractivity contribution in [1.29, 1.82) is 0 Å². The van der Waals surface area contributed by atoms with E-state index in [1.165, 1.54) is 5.69 Å². The molecule has 4 heterocycles. The van der Waals surface area contributed by atoms with Crippen molar-refractivity contribution in [2.24, 2.45) is 0 Å². The Morgan fingerprint density at radius 2 is 2.36 bits per heavy atom. The van der Waals surface area contributed by atoms with E-state index in [2.05, 4.69) is 36.9 Å². The summed E-state index contributed by atoms with van der Waals surface area (Å²) in [5.74, 6) is 0.685. The molecule has 9 heteroatoms. The van der Waals surface area contributed by atoms with Crippen LogP contribution in [0.1, 0.15) is 43.1 Å². The van der Waals surface area contributed by atoms with Crippen LogP contribution >= 0.6 is 0 Å². The summed E-state index contributed by atoms with van der Waals surface area (Å²) >= 11 is 0. The average Bonchev–Trinajstić information content (AvgIpc) is 3.30. The highest BCUT2D eigenvalue weighted by Crippen LogP contribution is 2.16. The minimum absolute atomic E-state index is 0.0774. The van der Waals surface area contributed by atoms with Gasteiger partial charge in [0, 0.05) is 32.1 Å². The van der Waals surface area contributed by atoms with Crippen LogP contribution in [0.15, 0.2) is 35.0 Å². The Hall–Kier alpha value is -3.07. The summed E-state index contributed by atoms with van der Waals surface area (Å²) in [5, 5.41) is 14.8. The lowest BCUT2D eigenvalue weighted by molar-refractivity contribution is -0.121. The van der Waals surface area contributed by atoms with Gasteiger partial charge in [0.1, 0.15) is 11.7 Å². The molecule has 0 fully saturated rings. The van der Waals surface area contributed by atoms with E-state index in [9.17, 15) is 4.79 Å². The molecule has 0 saturated heterocycles. The van der Waals surface area contributed by atoms with Crippen LogP contribution in [0.25, 0.3) is 11.5 Å². The molecule has 1 aliphatic rings. The molecule has 0 aromatic carbocycles. The van der Waals surface area contributed by atoms with Crippen LogP contribution < -0.4 is 10.6 Å². The summed E-state index contributed by atoms with van der Waals surface area (Å²) in [6.07, 6.45) is 3.69. The first kappa shape index (κ1) is 18.3. The Balaban J connectivity index is 1.31. The van der Waals surface area contributed by atoms with Crippen LogP contribution in [-0.4, -0.2) is 37.4 Å². The quantitative estimate of drug-likeness (QED) is 0.667. The van der Waals surface area contributed by atoms with Gasteiger partial charge in [0.15, 0.2) is 0 Å². The number of hydrogen-bond acceptors (Lipinski definition) is 7. The molecule has 146 valence electrons. The number of nitrogens with one attached hydrogen (secondary N) is 2. The van der Waals surface area contributed by atoms with E-state index in [1.54, 1.807) is 12.3 Å². The summed E-state index contributed by atoms with van der Waals surface area (Å²) in [6.45, 7) is 4.57. The molecular formula is C19H23N7O2. The summed E-state index contributed by atoms with van der Waals surface area (Å²) in [4.78, 5) is 20.8. The molecule has 3 aromatic rings. The molecule has 0 bridgehead atoms. The first-order valence-corrected chi connectivity index (χ1v) is 9.50. The fraction of sp³-hybridized carbons (Fsp3) is 0.421. The summed E-state index contributed by atoms with van der Waals surface area (Å²) < 4.78 is 7.31.